The van der Waals surface area contributed by atoms with Gasteiger partial charge in [0, 0.05) is 14.1 Å². The number of ether oxygens (including phenoxy) is 1. The molecule has 1 aliphatic heterocycles. The van der Waals surface area contributed by atoms with Crippen LogP contribution < -0.4 is 4.90 Å². The molecule has 0 aromatic carbocycles. The zero-order valence-corrected chi connectivity index (χ0v) is 13.5. The number of nitrogens with zero attached hydrogens (tertiary/aromatic N) is 5. The molecule has 0 radical (unpaired) electrons. The van der Waals surface area contributed by atoms with Crippen LogP contribution in [0.25, 0.3) is 11.2 Å². The molecule has 0 amide bonds. The van der Waals surface area contributed by atoms with Crippen molar-refractivity contribution in [3.63, 3.8) is 0 Å². The van der Waals surface area contributed by atoms with Gasteiger partial charge in [0.25, 0.3) is 0 Å². The highest BCUT2D eigenvalue weighted by atomic mass is 79.9. The van der Waals surface area contributed by atoms with Gasteiger partial charge in [-0.1, -0.05) is 0 Å². The number of rotatable bonds is 3. The molecule has 3 N–H and O–H groups in total. The Hall–Kier alpha value is -1.33. The molecular weight excluding hydrogens is 358 g/mol. The van der Waals surface area contributed by atoms with Gasteiger partial charge in [-0.2, -0.15) is 0 Å². The van der Waals surface area contributed by atoms with E-state index >= 15 is 0 Å². The predicted octanol–water partition coefficient (Wildman–Crippen LogP) is -0.734. The topological polar surface area (TPSA) is 117 Å². The Kier molecular flexibility index (Phi) is 4.03. The SMILES string of the molecule is CN(C)c1ncnc2c1nc(Br)n2[C@@H]1O[C@H](CO)[C@@H](O)[C@H]1O. The average Bonchev–Trinajstić information content (AvgIpc) is 2.96. The van der Waals surface area contributed by atoms with Crippen molar-refractivity contribution in [1.82, 2.24) is 19.5 Å². The van der Waals surface area contributed by atoms with Crippen LogP contribution in [0.5, 0.6) is 0 Å². The van der Waals surface area contributed by atoms with Crippen LogP contribution >= 0.6 is 15.9 Å². The summed E-state index contributed by atoms with van der Waals surface area (Å²) in [5, 5.41) is 29.3. The van der Waals surface area contributed by atoms with Crippen molar-refractivity contribution in [2.75, 3.05) is 25.6 Å². The van der Waals surface area contributed by atoms with Gasteiger partial charge in [-0.3, -0.25) is 4.57 Å². The van der Waals surface area contributed by atoms with E-state index < -0.39 is 31.1 Å². The zero-order chi connectivity index (χ0) is 16.0. The van der Waals surface area contributed by atoms with Crippen molar-refractivity contribution in [2.24, 2.45) is 0 Å². The number of hydrogen-bond donors (Lipinski definition) is 3. The largest absolute Gasteiger partial charge is 0.394 e. The van der Waals surface area contributed by atoms with Crippen LogP contribution in [0.15, 0.2) is 11.1 Å². The second kappa shape index (κ2) is 5.70. The Labute approximate surface area is 134 Å². The molecule has 10 heteroatoms. The van der Waals surface area contributed by atoms with Crippen LogP contribution in [-0.2, 0) is 4.74 Å². The molecule has 3 heterocycles. The van der Waals surface area contributed by atoms with E-state index in [4.69, 9.17) is 4.74 Å². The Morgan fingerprint density at radius 2 is 2.05 bits per heavy atom. The fraction of sp³-hybridized carbons (Fsp3) is 0.583. The van der Waals surface area contributed by atoms with E-state index in [2.05, 4.69) is 30.9 Å². The van der Waals surface area contributed by atoms with E-state index in [1.165, 1.54) is 10.9 Å². The molecule has 2 aromatic heterocycles. The van der Waals surface area contributed by atoms with Crippen LogP contribution in [-0.4, -0.2) is 73.9 Å². The summed E-state index contributed by atoms with van der Waals surface area (Å²) in [6, 6.07) is 0. The summed E-state index contributed by atoms with van der Waals surface area (Å²) in [5.41, 5.74) is 0.998. The van der Waals surface area contributed by atoms with Gasteiger partial charge in [0.15, 0.2) is 27.9 Å². The maximum atomic E-state index is 10.2. The van der Waals surface area contributed by atoms with Crippen molar-refractivity contribution < 1.29 is 20.1 Å². The van der Waals surface area contributed by atoms with Crippen LogP contribution in [0, 0.1) is 0 Å². The lowest BCUT2D eigenvalue weighted by Crippen LogP contribution is -2.33. The number of fused-ring (bicyclic) bond motifs is 1. The average molecular weight is 374 g/mol. The Balaban J connectivity index is 2.12. The van der Waals surface area contributed by atoms with E-state index in [9.17, 15) is 15.3 Å². The van der Waals surface area contributed by atoms with Gasteiger partial charge in [-0.15, -0.1) is 0 Å². The van der Waals surface area contributed by atoms with Crippen LogP contribution in [0.1, 0.15) is 6.23 Å². The molecule has 0 bridgehead atoms. The zero-order valence-electron chi connectivity index (χ0n) is 12.0. The quantitative estimate of drug-likeness (QED) is 0.602. The second-order valence-corrected chi connectivity index (χ2v) is 5.95. The predicted molar refractivity (Wildman–Crippen MR) is 80.4 cm³/mol. The minimum Gasteiger partial charge on any atom is -0.394 e. The summed E-state index contributed by atoms with van der Waals surface area (Å²) < 4.78 is 7.46. The van der Waals surface area contributed by atoms with Gasteiger partial charge in [0.05, 0.1) is 6.61 Å². The summed E-state index contributed by atoms with van der Waals surface area (Å²) in [4.78, 5) is 14.5. The third-order valence-corrected chi connectivity index (χ3v) is 4.17. The molecule has 0 spiro atoms. The van der Waals surface area contributed by atoms with E-state index in [0.29, 0.717) is 21.7 Å². The number of halogens is 1. The number of aromatic nitrogens is 4. The highest BCUT2D eigenvalue weighted by Gasteiger charge is 2.44. The number of aliphatic hydroxyl groups is 3. The van der Waals surface area contributed by atoms with Crippen molar-refractivity contribution in [3.8, 4) is 0 Å². The normalized spacial score (nSPS) is 28.5. The molecule has 4 atom stereocenters. The standard InChI is InChI=1S/C12H16BrN5O4/c1-17(2)9-6-10(15-4-14-9)18(12(13)16-6)11-8(21)7(20)5(3-19)22-11/h4-5,7-8,11,19-21H,3H2,1-2H3/t5-,7-,8-,11-/m1/s1. The van der Waals surface area contributed by atoms with Crippen molar-refractivity contribution in [1.29, 1.82) is 0 Å². The van der Waals surface area contributed by atoms with Crippen molar-refractivity contribution >= 4 is 32.9 Å². The molecular formula is C12H16BrN5O4. The molecule has 0 aliphatic carbocycles. The van der Waals surface area contributed by atoms with Crippen LogP contribution in [0.2, 0.25) is 0 Å². The highest BCUT2D eigenvalue weighted by Crippen LogP contribution is 2.35. The molecule has 1 aliphatic rings. The Morgan fingerprint density at radius 1 is 1.32 bits per heavy atom. The first-order chi connectivity index (χ1) is 10.5. The smallest absolute Gasteiger partial charge is 0.181 e. The lowest BCUT2D eigenvalue weighted by molar-refractivity contribution is -0.0521. The Morgan fingerprint density at radius 3 is 2.64 bits per heavy atom. The van der Waals surface area contributed by atoms with E-state index in [1.54, 1.807) is 4.90 Å². The molecule has 120 valence electrons. The Bertz CT molecular complexity index is 693. The molecule has 0 unspecified atom stereocenters. The second-order valence-electron chi connectivity index (χ2n) is 5.24. The summed E-state index contributed by atoms with van der Waals surface area (Å²) in [6.45, 7) is -0.392. The van der Waals surface area contributed by atoms with Crippen LogP contribution in [0.3, 0.4) is 0 Å². The summed E-state index contributed by atoms with van der Waals surface area (Å²) in [5.74, 6) is 0.621. The first kappa shape index (κ1) is 15.6. The molecule has 1 fully saturated rings. The fourth-order valence-corrected chi connectivity index (χ4v) is 3.06. The first-order valence-electron chi connectivity index (χ1n) is 6.64. The summed E-state index contributed by atoms with van der Waals surface area (Å²) in [7, 11) is 3.67. The molecule has 3 rings (SSSR count). The maximum Gasteiger partial charge on any atom is 0.181 e. The van der Waals surface area contributed by atoms with Gasteiger partial charge in [0.2, 0.25) is 0 Å². The lowest BCUT2D eigenvalue weighted by atomic mass is 10.1. The third kappa shape index (κ3) is 2.27. The lowest BCUT2D eigenvalue weighted by Gasteiger charge is -2.18. The highest BCUT2D eigenvalue weighted by molar-refractivity contribution is 9.10. The molecule has 1 saturated heterocycles. The van der Waals surface area contributed by atoms with Gasteiger partial charge in [0.1, 0.15) is 24.6 Å². The minimum atomic E-state index is -1.20. The first-order valence-corrected chi connectivity index (χ1v) is 7.43. The van der Waals surface area contributed by atoms with Gasteiger partial charge in [-0.05, 0) is 15.9 Å². The van der Waals surface area contributed by atoms with Gasteiger partial charge >= 0.3 is 0 Å². The van der Waals surface area contributed by atoms with E-state index in [0.717, 1.165) is 0 Å². The summed E-state index contributed by atoms with van der Waals surface area (Å²) >= 11 is 3.32. The van der Waals surface area contributed by atoms with E-state index in [1.807, 2.05) is 14.1 Å². The number of anilines is 1. The van der Waals surface area contributed by atoms with Gasteiger partial charge < -0.3 is 25.0 Å². The van der Waals surface area contributed by atoms with Crippen molar-refractivity contribution in [3.05, 3.63) is 11.1 Å². The number of aliphatic hydroxyl groups excluding tert-OH is 3. The number of imidazole rings is 1. The molecule has 9 nitrogen and oxygen atoms in total. The van der Waals surface area contributed by atoms with Gasteiger partial charge in [-0.25, -0.2) is 15.0 Å². The monoisotopic (exact) mass is 373 g/mol. The molecule has 22 heavy (non-hydrogen) atoms. The summed E-state index contributed by atoms with van der Waals surface area (Å²) in [6.07, 6.45) is -2.77. The molecule has 0 saturated carbocycles. The van der Waals surface area contributed by atoms with E-state index in [-0.39, 0.29) is 0 Å². The number of hydrogen-bond acceptors (Lipinski definition) is 8. The minimum absolute atomic E-state index is 0.390. The van der Waals surface area contributed by atoms with Crippen LogP contribution in [0.4, 0.5) is 5.82 Å². The third-order valence-electron chi connectivity index (χ3n) is 3.61. The van der Waals surface area contributed by atoms with Crippen molar-refractivity contribution in [2.45, 2.75) is 24.5 Å². The molecule has 2 aromatic rings. The fourth-order valence-electron chi connectivity index (χ4n) is 2.52. The maximum absolute atomic E-state index is 10.2.